The number of rotatable bonds is 2. The number of ether oxygens (including phenoxy) is 1. The van der Waals surface area contributed by atoms with Gasteiger partial charge in [-0.25, -0.2) is 4.79 Å². The molecule has 0 bridgehead atoms. The molecule has 2 saturated heterocycles. The lowest BCUT2D eigenvalue weighted by atomic mass is 9.80. The number of hydrogen-bond donors (Lipinski definition) is 2. The summed E-state index contributed by atoms with van der Waals surface area (Å²) >= 11 is 0. The van der Waals surface area contributed by atoms with E-state index in [1.54, 1.807) is 17.0 Å². The average Bonchev–Trinajstić information content (AvgIpc) is 3.05. The highest BCUT2D eigenvalue weighted by Gasteiger charge is 2.42. The van der Waals surface area contributed by atoms with Gasteiger partial charge in [0.05, 0.1) is 5.60 Å². The van der Waals surface area contributed by atoms with E-state index in [1.165, 1.54) is 4.90 Å². The highest BCUT2D eigenvalue weighted by Crippen LogP contribution is 2.39. The SMILES string of the molecule is Cc1c(C2(O)CCN(C(=O)OC(C)(C)C)CC2)ccc2c1CN(C1CCC(=O)NC1=O)C2=O. The molecule has 3 aliphatic rings. The van der Waals surface area contributed by atoms with Crippen molar-refractivity contribution < 1.29 is 29.0 Å². The van der Waals surface area contributed by atoms with Crippen molar-refractivity contribution >= 4 is 23.8 Å². The molecule has 3 aliphatic heterocycles. The molecular weight excluding hydrogens is 426 g/mol. The maximum Gasteiger partial charge on any atom is 0.410 e. The minimum absolute atomic E-state index is 0.203. The molecule has 0 radical (unpaired) electrons. The number of imide groups is 1. The Labute approximate surface area is 193 Å². The number of carbonyl (C=O) groups is 4. The van der Waals surface area contributed by atoms with E-state index in [9.17, 15) is 24.3 Å². The summed E-state index contributed by atoms with van der Waals surface area (Å²) in [6.07, 6.45) is 0.837. The number of benzene rings is 1. The van der Waals surface area contributed by atoms with E-state index in [-0.39, 0.29) is 30.9 Å². The van der Waals surface area contributed by atoms with Crippen molar-refractivity contribution in [1.82, 2.24) is 15.1 Å². The van der Waals surface area contributed by atoms with Crippen LogP contribution in [0, 0.1) is 6.92 Å². The van der Waals surface area contributed by atoms with Crippen LogP contribution in [0.25, 0.3) is 0 Å². The van der Waals surface area contributed by atoms with Crippen LogP contribution in [-0.4, -0.2) is 63.5 Å². The summed E-state index contributed by atoms with van der Waals surface area (Å²) in [7, 11) is 0. The van der Waals surface area contributed by atoms with E-state index in [0.717, 1.165) is 16.7 Å². The number of aliphatic hydroxyl groups is 1. The molecule has 2 fully saturated rings. The first kappa shape index (κ1) is 23.2. The molecule has 2 N–H and O–H groups in total. The molecule has 9 nitrogen and oxygen atoms in total. The van der Waals surface area contributed by atoms with Crippen LogP contribution in [0.5, 0.6) is 0 Å². The van der Waals surface area contributed by atoms with Gasteiger partial charge in [-0.15, -0.1) is 0 Å². The van der Waals surface area contributed by atoms with Crippen LogP contribution in [0.3, 0.4) is 0 Å². The maximum absolute atomic E-state index is 13.0. The van der Waals surface area contributed by atoms with Crippen LogP contribution in [0.1, 0.15) is 73.5 Å². The number of likely N-dealkylation sites (tertiary alicyclic amines) is 1. The maximum atomic E-state index is 13.0. The van der Waals surface area contributed by atoms with Crippen molar-refractivity contribution in [1.29, 1.82) is 0 Å². The normalized spacial score (nSPS) is 22.8. The predicted molar refractivity (Wildman–Crippen MR) is 118 cm³/mol. The molecule has 178 valence electrons. The summed E-state index contributed by atoms with van der Waals surface area (Å²) in [6, 6.07) is 2.82. The van der Waals surface area contributed by atoms with Crippen LogP contribution in [-0.2, 0) is 26.5 Å². The molecule has 1 unspecified atom stereocenters. The number of hydrogen-bond acceptors (Lipinski definition) is 6. The van der Waals surface area contributed by atoms with Crippen LogP contribution >= 0.6 is 0 Å². The van der Waals surface area contributed by atoms with Crippen molar-refractivity contribution in [2.45, 2.75) is 77.2 Å². The fourth-order valence-electron chi connectivity index (χ4n) is 4.95. The van der Waals surface area contributed by atoms with Crippen LogP contribution in [0.15, 0.2) is 12.1 Å². The van der Waals surface area contributed by atoms with Gasteiger partial charge in [-0.2, -0.15) is 0 Å². The third-order valence-electron chi connectivity index (χ3n) is 6.75. The Balaban J connectivity index is 1.51. The lowest BCUT2D eigenvalue weighted by Gasteiger charge is -2.39. The largest absolute Gasteiger partial charge is 0.444 e. The third-order valence-corrected chi connectivity index (χ3v) is 6.75. The van der Waals surface area contributed by atoms with Gasteiger partial charge in [-0.3, -0.25) is 19.7 Å². The Morgan fingerprint density at radius 1 is 1.18 bits per heavy atom. The second-order valence-electron chi connectivity index (χ2n) is 10.2. The number of nitrogens with one attached hydrogen (secondary N) is 1. The molecule has 4 amide bonds. The fraction of sp³-hybridized carbons (Fsp3) is 0.583. The Morgan fingerprint density at radius 2 is 1.85 bits per heavy atom. The number of fused-ring (bicyclic) bond motifs is 1. The molecule has 0 spiro atoms. The standard InChI is InChI=1S/C24H31N3O6/c1-14-16-13-27(18-7-8-19(28)25-20(18)29)21(30)15(16)5-6-17(14)24(32)9-11-26(12-10-24)22(31)33-23(2,3)4/h5-6,18,32H,7-13H2,1-4H3,(H,25,28,29). The van der Waals surface area contributed by atoms with Crippen molar-refractivity contribution in [3.8, 4) is 0 Å². The van der Waals surface area contributed by atoms with Gasteiger partial charge >= 0.3 is 6.09 Å². The smallest absolute Gasteiger partial charge is 0.410 e. The van der Waals surface area contributed by atoms with Crippen LogP contribution < -0.4 is 5.32 Å². The molecule has 0 aliphatic carbocycles. The molecule has 33 heavy (non-hydrogen) atoms. The zero-order chi connectivity index (χ0) is 24.1. The number of carbonyl (C=O) groups excluding carboxylic acids is 4. The molecule has 1 atom stereocenters. The first-order chi connectivity index (χ1) is 15.4. The summed E-state index contributed by atoms with van der Waals surface area (Å²) in [4.78, 5) is 52.3. The lowest BCUT2D eigenvalue weighted by molar-refractivity contribution is -0.136. The zero-order valence-electron chi connectivity index (χ0n) is 19.6. The summed E-state index contributed by atoms with van der Waals surface area (Å²) in [5.74, 6) is -1.00. The first-order valence-electron chi connectivity index (χ1n) is 11.4. The van der Waals surface area contributed by atoms with E-state index in [0.29, 0.717) is 37.9 Å². The molecule has 1 aromatic rings. The molecule has 0 saturated carbocycles. The Bertz CT molecular complexity index is 1020. The topological polar surface area (TPSA) is 116 Å². The van der Waals surface area contributed by atoms with E-state index in [2.05, 4.69) is 5.32 Å². The number of amides is 4. The van der Waals surface area contributed by atoms with E-state index in [4.69, 9.17) is 4.74 Å². The van der Waals surface area contributed by atoms with Gasteiger partial charge in [-0.1, -0.05) is 6.07 Å². The predicted octanol–water partition coefficient (Wildman–Crippen LogP) is 1.97. The first-order valence-corrected chi connectivity index (χ1v) is 11.4. The summed E-state index contributed by atoms with van der Waals surface area (Å²) in [5.41, 5.74) is 1.18. The van der Waals surface area contributed by atoms with Gasteiger partial charge in [0.15, 0.2) is 0 Å². The van der Waals surface area contributed by atoms with Crippen LogP contribution in [0.4, 0.5) is 4.79 Å². The molecular formula is C24H31N3O6. The van der Waals surface area contributed by atoms with Crippen LogP contribution in [0.2, 0.25) is 0 Å². The molecule has 0 aromatic heterocycles. The molecule has 4 rings (SSSR count). The lowest BCUT2D eigenvalue weighted by Crippen LogP contribution is -2.52. The Hall–Kier alpha value is -2.94. The fourth-order valence-corrected chi connectivity index (χ4v) is 4.95. The zero-order valence-corrected chi connectivity index (χ0v) is 19.6. The van der Waals surface area contributed by atoms with E-state index < -0.39 is 23.2 Å². The van der Waals surface area contributed by atoms with E-state index >= 15 is 0 Å². The number of piperidine rings is 2. The summed E-state index contributed by atoms with van der Waals surface area (Å²) in [6.45, 7) is 8.33. The molecule has 1 aromatic carbocycles. The minimum atomic E-state index is -1.12. The highest BCUT2D eigenvalue weighted by molar-refractivity contribution is 6.05. The number of nitrogens with zero attached hydrogens (tertiary/aromatic N) is 2. The van der Waals surface area contributed by atoms with Gasteiger partial charge < -0.3 is 19.6 Å². The van der Waals surface area contributed by atoms with Gasteiger partial charge in [0, 0.05) is 31.6 Å². The third kappa shape index (κ3) is 4.34. The van der Waals surface area contributed by atoms with Crippen molar-refractivity contribution in [3.63, 3.8) is 0 Å². The summed E-state index contributed by atoms with van der Waals surface area (Å²) in [5, 5.41) is 13.8. The van der Waals surface area contributed by atoms with Gasteiger partial charge in [0.25, 0.3) is 5.91 Å². The minimum Gasteiger partial charge on any atom is -0.444 e. The average molecular weight is 458 g/mol. The highest BCUT2D eigenvalue weighted by atomic mass is 16.6. The van der Waals surface area contributed by atoms with Crippen molar-refractivity contribution in [2.24, 2.45) is 0 Å². The second-order valence-corrected chi connectivity index (χ2v) is 10.2. The quantitative estimate of drug-likeness (QED) is 0.656. The second kappa shape index (κ2) is 8.13. The molecule has 3 heterocycles. The van der Waals surface area contributed by atoms with Gasteiger partial charge in [0.2, 0.25) is 11.8 Å². The van der Waals surface area contributed by atoms with Crippen molar-refractivity contribution in [3.05, 3.63) is 34.4 Å². The van der Waals surface area contributed by atoms with Crippen molar-refractivity contribution in [2.75, 3.05) is 13.1 Å². The summed E-state index contributed by atoms with van der Waals surface area (Å²) < 4.78 is 5.44. The Morgan fingerprint density at radius 3 is 2.45 bits per heavy atom. The van der Waals surface area contributed by atoms with Gasteiger partial charge in [-0.05, 0) is 69.7 Å². The Kier molecular flexibility index (Phi) is 5.72. The molecule has 9 heteroatoms. The van der Waals surface area contributed by atoms with Gasteiger partial charge in [0.1, 0.15) is 11.6 Å². The van der Waals surface area contributed by atoms with E-state index in [1.807, 2.05) is 27.7 Å². The monoisotopic (exact) mass is 457 g/mol.